The molecule has 0 bridgehead atoms. The zero-order valence-corrected chi connectivity index (χ0v) is 11.5. The molecule has 1 fully saturated rings. The molecule has 7 heteroatoms. The maximum absolute atomic E-state index is 12.2. The van der Waals surface area contributed by atoms with Gasteiger partial charge in [0.05, 0.1) is 6.04 Å². The van der Waals surface area contributed by atoms with E-state index in [-0.39, 0.29) is 6.04 Å². The van der Waals surface area contributed by atoms with E-state index in [9.17, 15) is 8.42 Å². The molecule has 0 radical (unpaired) electrons. The lowest BCUT2D eigenvalue weighted by Gasteiger charge is -2.30. The maximum Gasteiger partial charge on any atom is 0.280 e. The second kappa shape index (κ2) is 5.38. The highest BCUT2D eigenvalue weighted by atomic mass is 32.2. The lowest BCUT2D eigenvalue weighted by molar-refractivity contribution is 0.276. The fourth-order valence-electron chi connectivity index (χ4n) is 2.17. The van der Waals surface area contributed by atoms with Crippen LogP contribution in [0.1, 0.15) is 38.4 Å². The predicted octanol–water partition coefficient (Wildman–Crippen LogP) is 1.30. The van der Waals surface area contributed by atoms with Crippen LogP contribution in [0.15, 0.2) is 16.9 Å². The third-order valence-electron chi connectivity index (χ3n) is 3.19. The Morgan fingerprint density at radius 3 is 3.00 bits per heavy atom. The first-order valence-electron chi connectivity index (χ1n) is 6.16. The van der Waals surface area contributed by atoms with Gasteiger partial charge in [0.2, 0.25) is 0 Å². The van der Waals surface area contributed by atoms with Gasteiger partial charge in [-0.2, -0.15) is 17.4 Å². The summed E-state index contributed by atoms with van der Waals surface area (Å²) in [5, 5.41) is 3.74. The SMILES string of the molecule is C[C@@H]1CCCN(S(=O)(=O)N[C@H](C)c2ccon2)C1. The van der Waals surface area contributed by atoms with Gasteiger partial charge in [-0.15, -0.1) is 0 Å². The quantitative estimate of drug-likeness (QED) is 0.897. The number of rotatable bonds is 4. The molecule has 102 valence electrons. The summed E-state index contributed by atoms with van der Waals surface area (Å²) in [6.07, 6.45) is 3.44. The van der Waals surface area contributed by atoms with Gasteiger partial charge in [-0.1, -0.05) is 12.1 Å². The van der Waals surface area contributed by atoms with Gasteiger partial charge in [0.1, 0.15) is 12.0 Å². The Bertz CT molecular complexity index is 472. The van der Waals surface area contributed by atoms with Crippen LogP contribution in [0.3, 0.4) is 0 Å². The van der Waals surface area contributed by atoms with Crippen LogP contribution >= 0.6 is 0 Å². The van der Waals surface area contributed by atoms with Crippen molar-refractivity contribution >= 4 is 10.2 Å². The van der Waals surface area contributed by atoms with Crippen LogP contribution < -0.4 is 4.72 Å². The Balaban J connectivity index is 2.02. The molecular weight excluding hydrogens is 254 g/mol. The zero-order valence-electron chi connectivity index (χ0n) is 10.7. The second-order valence-corrected chi connectivity index (χ2v) is 6.58. The maximum atomic E-state index is 12.2. The van der Waals surface area contributed by atoms with Crippen molar-refractivity contribution < 1.29 is 12.9 Å². The van der Waals surface area contributed by atoms with E-state index in [1.165, 1.54) is 10.6 Å². The lowest BCUT2D eigenvalue weighted by Crippen LogP contribution is -2.46. The van der Waals surface area contributed by atoms with E-state index in [1.54, 1.807) is 13.0 Å². The van der Waals surface area contributed by atoms with Crippen LogP contribution in [-0.4, -0.2) is 31.0 Å². The summed E-state index contributed by atoms with van der Waals surface area (Å²) in [5.74, 6) is 0.415. The molecule has 0 spiro atoms. The van der Waals surface area contributed by atoms with Crippen LogP contribution in [0.25, 0.3) is 0 Å². The van der Waals surface area contributed by atoms with Crippen LogP contribution in [0.5, 0.6) is 0 Å². The summed E-state index contributed by atoms with van der Waals surface area (Å²) < 4.78 is 33.2. The normalized spacial score (nSPS) is 24.0. The van der Waals surface area contributed by atoms with E-state index in [2.05, 4.69) is 16.8 Å². The summed E-state index contributed by atoms with van der Waals surface area (Å²) in [5.41, 5.74) is 0.587. The highest BCUT2D eigenvalue weighted by Gasteiger charge is 2.28. The van der Waals surface area contributed by atoms with Crippen LogP contribution in [0.2, 0.25) is 0 Å². The minimum Gasteiger partial charge on any atom is -0.364 e. The van der Waals surface area contributed by atoms with Gasteiger partial charge in [0.25, 0.3) is 10.2 Å². The van der Waals surface area contributed by atoms with Gasteiger partial charge in [0, 0.05) is 19.2 Å². The summed E-state index contributed by atoms with van der Waals surface area (Å²) in [4.78, 5) is 0. The van der Waals surface area contributed by atoms with Gasteiger partial charge in [-0.3, -0.25) is 0 Å². The van der Waals surface area contributed by atoms with Crippen LogP contribution in [0, 0.1) is 5.92 Å². The summed E-state index contributed by atoms with van der Waals surface area (Å²) in [6, 6.07) is 1.28. The fraction of sp³-hybridized carbons (Fsp3) is 0.727. The molecule has 0 saturated carbocycles. The number of nitrogens with zero attached hydrogens (tertiary/aromatic N) is 2. The molecule has 1 aliphatic heterocycles. The molecule has 1 aliphatic rings. The molecule has 2 rings (SSSR count). The van der Waals surface area contributed by atoms with E-state index in [4.69, 9.17) is 4.52 Å². The average molecular weight is 273 g/mol. The van der Waals surface area contributed by atoms with E-state index in [0.29, 0.717) is 24.7 Å². The molecule has 1 aromatic rings. The van der Waals surface area contributed by atoms with Crippen molar-refractivity contribution in [1.29, 1.82) is 0 Å². The van der Waals surface area contributed by atoms with Gasteiger partial charge >= 0.3 is 0 Å². The van der Waals surface area contributed by atoms with E-state index < -0.39 is 10.2 Å². The third-order valence-corrected chi connectivity index (χ3v) is 4.85. The highest BCUT2D eigenvalue weighted by Crippen LogP contribution is 2.19. The Morgan fingerprint density at radius 1 is 1.61 bits per heavy atom. The third kappa shape index (κ3) is 3.09. The average Bonchev–Trinajstić information content (AvgIpc) is 2.82. The van der Waals surface area contributed by atoms with Gasteiger partial charge in [-0.05, 0) is 25.7 Å². The molecule has 0 amide bonds. The van der Waals surface area contributed by atoms with E-state index in [1.807, 2.05) is 0 Å². The Morgan fingerprint density at radius 2 is 2.39 bits per heavy atom. The van der Waals surface area contributed by atoms with Crippen LogP contribution in [0.4, 0.5) is 0 Å². The number of aromatic nitrogens is 1. The molecule has 1 N–H and O–H groups in total. The van der Waals surface area contributed by atoms with Gasteiger partial charge in [0.15, 0.2) is 0 Å². The first-order chi connectivity index (χ1) is 8.49. The number of hydrogen-bond acceptors (Lipinski definition) is 4. The van der Waals surface area contributed by atoms with Crippen molar-refractivity contribution in [3.05, 3.63) is 18.0 Å². The Labute approximate surface area is 108 Å². The lowest BCUT2D eigenvalue weighted by atomic mass is 10.0. The Hall–Kier alpha value is -0.920. The Kier molecular flexibility index (Phi) is 4.04. The molecule has 0 unspecified atom stereocenters. The minimum absolute atomic E-state index is 0.383. The van der Waals surface area contributed by atoms with Crippen molar-refractivity contribution in [1.82, 2.24) is 14.2 Å². The zero-order chi connectivity index (χ0) is 13.2. The second-order valence-electron chi connectivity index (χ2n) is 4.87. The van der Waals surface area contributed by atoms with Gasteiger partial charge < -0.3 is 4.52 Å². The van der Waals surface area contributed by atoms with Crippen molar-refractivity contribution in [2.75, 3.05) is 13.1 Å². The smallest absolute Gasteiger partial charge is 0.280 e. The van der Waals surface area contributed by atoms with Crippen molar-refractivity contribution in [3.8, 4) is 0 Å². The minimum atomic E-state index is -3.44. The molecule has 1 saturated heterocycles. The number of nitrogens with one attached hydrogen (secondary N) is 1. The number of hydrogen-bond donors (Lipinski definition) is 1. The molecule has 6 nitrogen and oxygen atoms in total. The van der Waals surface area contributed by atoms with E-state index >= 15 is 0 Å². The molecule has 0 aromatic carbocycles. The molecule has 2 heterocycles. The molecule has 2 atom stereocenters. The van der Waals surface area contributed by atoms with E-state index in [0.717, 1.165) is 12.8 Å². The highest BCUT2D eigenvalue weighted by molar-refractivity contribution is 7.87. The van der Waals surface area contributed by atoms with Crippen molar-refractivity contribution in [3.63, 3.8) is 0 Å². The molecule has 18 heavy (non-hydrogen) atoms. The predicted molar refractivity (Wildman–Crippen MR) is 66.9 cm³/mol. The molecule has 1 aromatic heterocycles. The monoisotopic (exact) mass is 273 g/mol. The molecular formula is C11H19N3O3S. The van der Waals surface area contributed by atoms with Gasteiger partial charge in [-0.25, -0.2) is 0 Å². The summed E-state index contributed by atoms with van der Waals surface area (Å²) >= 11 is 0. The largest absolute Gasteiger partial charge is 0.364 e. The van der Waals surface area contributed by atoms with Crippen molar-refractivity contribution in [2.24, 2.45) is 5.92 Å². The number of piperidine rings is 1. The van der Waals surface area contributed by atoms with Crippen molar-refractivity contribution in [2.45, 2.75) is 32.7 Å². The first-order valence-corrected chi connectivity index (χ1v) is 7.60. The standard InChI is InChI=1S/C11H19N3O3S/c1-9-4-3-6-14(8-9)18(15,16)13-10(2)11-5-7-17-12-11/h5,7,9-10,13H,3-4,6,8H2,1-2H3/t9-,10-/m1/s1. The summed E-state index contributed by atoms with van der Waals surface area (Å²) in [7, 11) is -3.44. The fourth-order valence-corrected chi connectivity index (χ4v) is 3.70. The first kappa shape index (κ1) is 13.5. The van der Waals surface area contributed by atoms with Crippen LogP contribution in [-0.2, 0) is 10.2 Å². The topological polar surface area (TPSA) is 75.4 Å². The summed E-state index contributed by atoms with van der Waals surface area (Å²) in [6.45, 7) is 5.00. The molecule has 0 aliphatic carbocycles.